The van der Waals surface area contributed by atoms with E-state index in [9.17, 15) is 0 Å². The van der Waals surface area contributed by atoms with Crippen molar-refractivity contribution in [2.24, 2.45) is 0 Å². The summed E-state index contributed by atoms with van der Waals surface area (Å²) in [6, 6.07) is 8.04. The molecule has 0 atom stereocenters. The van der Waals surface area contributed by atoms with Gasteiger partial charge in [0.15, 0.2) is 0 Å². The van der Waals surface area contributed by atoms with Crippen molar-refractivity contribution in [3.8, 4) is 0 Å². The van der Waals surface area contributed by atoms with Crippen molar-refractivity contribution in [2.45, 2.75) is 6.54 Å². The van der Waals surface area contributed by atoms with Gasteiger partial charge in [-0.1, -0.05) is 34.1 Å². The second-order valence-corrected chi connectivity index (χ2v) is 5.74. The van der Waals surface area contributed by atoms with Crippen molar-refractivity contribution in [2.75, 3.05) is 30.9 Å². The molecule has 2 rings (SSSR count). The van der Waals surface area contributed by atoms with E-state index in [4.69, 9.17) is 11.6 Å². The van der Waals surface area contributed by atoms with E-state index in [-0.39, 0.29) is 5.28 Å². The Morgan fingerprint density at radius 1 is 1.05 bits per heavy atom. The first-order valence-electron chi connectivity index (χ1n) is 6.01. The molecule has 0 saturated carbocycles. The topological polar surface area (TPSA) is 45.2 Å². The molecule has 0 aliphatic heterocycles. The van der Waals surface area contributed by atoms with E-state index in [0.717, 1.165) is 10.0 Å². The van der Waals surface area contributed by atoms with Crippen molar-refractivity contribution >= 4 is 39.4 Å². The van der Waals surface area contributed by atoms with Gasteiger partial charge in [0.2, 0.25) is 17.2 Å². The second kappa shape index (κ2) is 6.37. The number of benzene rings is 1. The zero-order chi connectivity index (χ0) is 14.7. The molecule has 0 radical (unpaired) electrons. The van der Waals surface area contributed by atoms with Gasteiger partial charge in [0.1, 0.15) is 0 Å². The molecule has 2 aromatic rings. The minimum atomic E-state index is 0.192. The Kier molecular flexibility index (Phi) is 4.77. The van der Waals surface area contributed by atoms with Crippen LogP contribution in [0.15, 0.2) is 28.7 Å². The summed E-state index contributed by atoms with van der Waals surface area (Å²) in [7, 11) is 5.65. The molecule has 0 aliphatic carbocycles. The maximum absolute atomic E-state index is 5.95. The highest BCUT2D eigenvalue weighted by molar-refractivity contribution is 9.10. The third-order valence-electron chi connectivity index (χ3n) is 2.69. The van der Waals surface area contributed by atoms with Crippen LogP contribution in [-0.4, -0.2) is 36.1 Å². The molecule has 0 aliphatic rings. The Morgan fingerprint density at radius 3 is 2.35 bits per heavy atom. The molecule has 1 aromatic carbocycles. The summed E-state index contributed by atoms with van der Waals surface area (Å²) >= 11 is 9.48. The summed E-state index contributed by atoms with van der Waals surface area (Å²) in [6.45, 7) is 0.675. The monoisotopic (exact) mass is 355 g/mol. The SMILES string of the molecule is CN(C)c1nc(Cl)nc(N(C)Cc2ccccc2Br)n1. The molecule has 0 fully saturated rings. The van der Waals surface area contributed by atoms with Crippen molar-refractivity contribution in [1.29, 1.82) is 0 Å². The van der Waals surface area contributed by atoms with E-state index in [1.807, 2.05) is 44.2 Å². The number of anilines is 2. The lowest BCUT2D eigenvalue weighted by Crippen LogP contribution is -2.22. The lowest BCUT2D eigenvalue weighted by atomic mass is 10.2. The Morgan fingerprint density at radius 2 is 1.70 bits per heavy atom. The largest absolute Gasteiger partial charge is 0.347 e. The van der Waals surface area contributed by atoms with Crippen LogP contribution in [-0.2, 0) is 6.54 Å². The van der Waals surface area contributed by atoms with Gasteiger partial charge in [-0.15, -0.1) is 0 Å². The van der Waals surface area contributed by atoms with Gasteiger partial charge in [0.05, 0.1) is 0 Å². The molecule has 1 heterocycles. The van der Waals surface area contributed by atoms with E-state index < -0.39 is 0 Å². The number of nitrogens with zero attached hydrogens (tertiary/aromatic N) is 5. The van der Waals surface area contributed by atoms with Crippen LogP contribution in [0.4, 0.5) is 11.9 Å². The van der Waals surface area contributed by atoms with E-state index in [2.05, 4.69) is 36.9 Å². The molecule has 1 aromatic heterocycles. The second-order valence-electron chi connectivity index (χ2n) is 4.55. The summed E-state index contributed by atoms with van der Waals surface area (Å²) in [5.74, 6) is 1.09. The van der Waals surface area contributed by atoms with Crippen LogP contribution in [0.1, 0.15) is 5.56 Å². The van der Waals surface area contributed by atoms with Crippen LogP contribution >= 0.6 is 27.5 Å². The Labute approximate surface area is 131 Å². The molecular weight excluding hydrogens is 342 g/mol. The summed E-state index contributed by atoms with van der Waals surface area (Å²) in [5, 5.41) is 0.192. The fraction of sp³-hybridized carbons (Fsp3) is 0.308. The van der Waals surface area contributed by atoms with Crippen molar-refractivity contribution in [1.82, 2.24) is 15.0 Å². The lowest BCUT2D eigenvalue weighted by molar-refractivity contribution is 0.840. The summed E-state index contributed by atoms with van der Waals surface area (Å²) < 4.78 is 1.06. The van der Waals surface area contributed by atoms with Crippen molar-refractivity contribution < 1.29 is 0 Å². The Hall–Kier alpha value is -1.40. The van der Waals surface area contributed by atoms with Crippen molar-refractivity contribution in [3.63, 3.8) is 0 Å². The molecule has 106 valence electrons. The number of rotatable bonds is 4. The number of halogens is 2. The normalized spacial score (nSPS) is 10.4. The zero-order valence-corrected chi connectivity index (χ0v) is 13.9. The molecule has 5 nitrogen and oxygen atoms in total. The van der Waals surface area contributed by atoms with Gasteiger partial charge in [-0.05, 0) is 23.2 Å². The number of hydrogen-bond donors (Lipinski definition) is 0. The average Bonchev–Trinajstić information content (AvgIpc) is 2.40. The maximum Gasteiger partial charge on any atom is 0.231 e. The van der Waals surface area contributed by atoms with Gasteiger partial charge < -0.3 is 9.80 Å². The van der Waals surface area contributed by atoms with Gasteiger partial charge in [-0.2, -0.15) is 15.0 Å². The summed E-state index contributed by atoms with van der Waals surface area (Å²) in [6.07, 6.45) is 0. The van der Waals surface area contributed by atoms with Gasteiger partial charge >= 0.3 is 0 Å². The van der Waals surface area contributed by atoms with E-state index >= 15 is 0 Å². The third-order valence-corrected chi connectivity index (χ3v) is 3.63. The molecule has 0 unspecified atom stereocenters. The minimum absolute atomic E-state index is 0.192. The number of aromatic nitrogens is 3. The highest BCUT2D eigenvalue weighted by Crippen LogP contribution is 2.20. The predicted molar refractivity (Wildman–Crippen MR) is 85.4 cm³/mol. The molecule has 0 amide bonds. The van der Waals surface area contributed by atoms with Gasteiger partial charge in [-0.3, -0.25) is 0 Å². The minimum Gasteiger partial charge on any atom is -0.347 e. The first kappa shape index (κ1) is 15.0. The van der Waals surface area contributed by atoms with E-state index in [0.29, 0.717) is 18.4 Å². The van der Waals surface area contributed by atoms with Gasteiger partial charge in [-0.25, -0.2) is 0 Å². The third kappa shape index (κ3) is 3.58. The van der Waals surface area contributed by atoms with E-state index in [1.54, 1.807) is 4.90 Å². The molecule has 20 heavy (non-hydrogen) atoms. The lowest BCUT2D eigenvalue weighted by Gasteiger charge is -2.19. The number of hydrogen-bond acceptors (Lipinski definition) is 5. The van der Waals surface area contributed by atoms with Crippen LogP contribution < -0.4 is 9.80 Å². The van der Waals surface area contributed by atoms with Crippen LogP contribution in [0.2, 0.25) is 5.28 Å². The van der Waals surface area contributed by atoms with Crippen LogP contribution in [0.5, 0.6) is 0 Å². The van der Waals surface area contributed by atoms with Crippen LogP contribution in [0, 0.1) is 0 Å². The quantitative estimate of drug-likeness (QED) is 0.842. The Balaban J connectivity index is 2.25. The van der Waals surface area contributed by atoms with Crippen molar-refractivity contribution in [3.05, 3.63) is 39.6 Å². The first-order chi connectivity index (χ1) is 9.47. The predicted octanol–water partition coefficient (Wildman–Crippen LogP) is 2.99. The van der Waals surface area contributed by atoms with Gasteiger partial charge in [0, 0.05) is 32.2 Å². The van der Waals surface area contributed by atoms with E-state index in [1.165, 1.54) is 0 Å². The molecule has 0 bridgehead atoms. The highest BCUT2D eigenvalue weighted by atomic mass is 79.9. The molecule has 0 saturated heterocycles. The summed E-state index contributed by atoms with van der Waals surface area (Å²) in [4.78, 5) is 16.4. The van der Waals surface area contributed by atoms with Crippen LogP contribution in [0.3, 0.4) is 0 Å². The van der Waals surface area contributed by atoms with Gasteiger partial charge in [0.25, 0.3) is 0 Å². The fourth-order valence-corrected chi connectivity index (χ4v) is 2.21. The average molecular weight is 357 g/mol. The Bertz CT molecular complexity index is 605. The molecule has 0 N–H and O–H groups in total. The standard InChI is InChI=1S/C13H15BrClN5/c1-19(2)12-16-11(15)17-13(18-12)20(3)8-9-6-4-5-7-10(9)14/h4-7H,8H2,1-3H3. The maximum atomic E-state index is 5.95. The molecule has 7 heteroatoms. The smallest absolute Gasteiger partial charge is 0.231 e. The molecular formula is C13H15BrClN5. The highest BCUT2D eigenvalue weighted by Gasteiger charge is 2.12. The summed E-state index contributed by atoms with van der Waals surface area (Å²) in [5.41, 5.74) is 1.15. The van der Waals surface area contributed by atoms with Crippen LogP contribution in [0.25, 0.3) is 0 Å². The fourth-order valence-electron chi connectivity index (χ4n) is 1.65. The first-order valence-corrected chi connectivity index (χ1v) is 7.18. The zero-order valence-electron chi connectivity index (χ0n) is 11.5. The molecule has 0 spiro atoms.